The fourth-order valence-electron chi connectivity index (χ4n) is 2.32. The maximum Gasteiger partial charge on any atom is 0.178 e. The van der Waals surface area contributed by atoms with Crippen molar-refractivity contribution in [3.8, 4) is 0 Å². The molecule has 3 nitrogen and oxygen atoms in total. The first-order chi connectivity index (χ1) is 8.55. The van der Waals surface area contributed by atoms with Crippen LogP contribution in [0.1, 0.15) is 13.8 Å². The number of benzene rings is 1. The summed E-state index contributed by atoms with van der Waals surface area (Å²) in [5.74, 6) is 0. The molecule has 1 unspecified atom stereocenters. The monoisotopic (exact) mass is 279 g/mol. The minimum absolute atomic E-state index is 0.0122. The number of nitrogen functional groups attached to an aromatic ring is 1. The first kappa shape index (κ1) is 11.9. The van der Waals surface area contributed by atoms with Crippen LogP contribution >= 0.6 is 18.9 Å². The average Bonchev–Trinajstić information content (AvgIpc) is 2.71. The Morgan fingerprint density at radius 2 is 2.06 bits per heavy atom. The van der Waals surface area contributed by atoms with Gasteiger partial charge in [-0.1, -0.05) is 43.8 Å². The number of anilines is 1. The molecular weight excluding hydrogens is 265 g/mol. The van der Waals surface area contributed by atoms with E-state index in [9.17, 15) is 4.57 Å². The summed E-state index contributed by atoms with van der Waals surface area (Å²) in [6.45, 7) is 3.95. The number of hydrogen-bond donors (Lipinski definition) is 1. The first-order valence-electron chi connectivity index (χ1n) is 5.80. The zero-order chi connectivity index (χ0) is 12.9. The summed E-state index contributed by atoms with van der Waals surface area (Å²) in [7, 11) is -2.69. The minimum Gasteiger partial charge on any atom is -0.455 e. The topological polar surface area (TPSA) is 56.2 Å². The van der Waals surface area contributed by atoms with Gasteiger partial charge in [0.25, 0.3) is 0 Å². The van der Waals surface area contributed by atoms with Gasteiger partial charge < -0.3 is 14.7 Å². The van der Waals surface area contributed by atoms with Crippen molar-refractivity contribution in [1.29, 1.82) is 0 Å². The van der Waals surface area contributed by atoms with E-state index >= 15 is 0 Å². The van der Waals surface area contributed by atoms with Gasteiger partial charge in [-0.2, -0.15) is 0 Å². The van der Waals surface area contributed by atoms with Crippen LogP contribution < -0.4 is 16.3 Å². The smallest absolute Gasteiger partial charge is 0.178 e. The van der Waals surface area contributed by atoms with E-state index in [0.29, 0.717) is 16.1 Å². The van der Waals surface area contributed by atoms with Crippen LogP contribution in [0.5, 0.6) is 0 Å². The molecule has 18 heavy (non-hydrogen) atoms. The summed E-state index contributed by atoms with van der Waals surface area (Å²) in [4.78, 5) is 1.01. The second kappa shape index (κ2) is 3.94. The summed E-state index contributed by atoms with van der Waals surface area (Å²) in [6.07, 6.45) is 1.50. The predicted octanol–water partition coefficient (Wildman–Crippen LogP) is 3.05. The highest BCUT2D eigenvalue weighted by Crippen LogP contribution is 2.57. The molecule has 0 spiro atoms. The van der Waals surface area contributed by atoms with Crippen LogP contribution in [-0.4, -0.2) is 5.66 Å². The molecule has 0 amide bonds. The second-order valence-corrected chi connectivity index (χ2v) is 8.94. The third kappa shape index (κ3) is 1.42. The molecule has 1 aromatic heterocycles. The molecule has 1 atom stereocenters. The van der Waals surface area contributed by atoms with E-state index in [1.54, 1.807) is 0 Å². The molecule has 0 fully saturated rings. The second-order valence-electron chi connectivity index (χ2n) is 4.65. The lowest BCUT2D eigenvalue weighted by Gasteiger charge is -2.28. The van der Waals surface area contributed by atoms with Gasteiger partial charge >= 0.3 is 0 Å². The van der Waals surface area contributed by atoms with Crippen molar-refractivity contribution in [2.24, 2.45) is 0 Å². The normalized spacial score (nSPS) is 21.7. The molecule has 2 heterocycles. The zero-order valence-corrected chi connectivity index (χ0v) is 11.9. The van der Waals surface area contributed by atoms with Crippen LogP contribution in [0.4, 0.5) is 5.69 Å². The molecular formula is C13H14NO2PS. The Labute approximate surface area is 110 Å². The lowest BCUT2D eigenvalue weighted by atomic mass is 10.4. The molecule has 1 aliphatic heterocycles. The predicted molar refractivity (Wildman–Crippen MR) is 75.7 cm³/mol. The molecule has 0 bridgehead atoms. The number of rotatable bonds is 1. The van der Waals surface area contributed by atoms with E-state index in [1.165, 1.54) is 18.0 Å². The van der Waals surface area contributed by atoms with Crippen LogP contribution in [0.2, 0.25) is 0 Å². The highest BCUT2D eigenvalue weighted by atomic mass is 32.2. The van der Waals surface area contributed by atoms with E-state index in [-0.39, 0.29) is 5.66 Å². The van der Waals surface area contributed by atoms with Crippen molar-refractivity contribution in [3.05, 3.63) is 30.5 Å². The largest absolute Gasteiger partial charge is 0.455 e. The molecule has 1 aromatic carbocycles. The van der Waals surface area contributed by atoms with Gasteiger partial charge in [0.05, 0.1) is 11.0 Å². The molecule has 5 heteroatoms. The van der Waals surface area contributed by atoms with Gasteiger partial charge in [0.1, 0.15) is 6.26 Å². The Kier molecular flexibility index (Phi) is 2.61. The molecule has 94 valence electrons. The van der Waals surface area contributed by atoms with Crippen LogP contribution in [-0.2, 0) is 4.57 Å². The average molecular weight is 279 g/mol. The standard InChI is InChI=1S/C13H14NO2PS/c1-8(2)17(15)10-5-3-4-6-11(10)18-13-12(17)9(14)7-16-13/h3-8H,14H2,1-2H3. The van der Waals surface area contributed by atoms with Crippen LogP contribution in [0.25, 0.3) is 0 Å². The van der Waals surface area contributed by atoms with Gasteiger partial charge in [0.15, 0.2) is 12.2 Å². The van der Waals surface area contributed by atoms with Gasteiger partial charge in [0.2, 0.25) is 0 Å². The quantitative estimate of drug-likeness (QED) is 0.815. The van der Waals surface area contributed by atoms with Crippen molar-refractivity contribution in [3.63, 3.8) is 0 Å². The molecule has 0 aliphatic carbocycles. The van der Waals surface area contributed by atoms with Crippen molar-refractivity contribution in [2.45, 2.75) is 29.5 Å². The number of fused-ring (bicyclic) bond motifs is 2. The van der Waals surface area contributed by atoms with Gasteiger partial charge in [-0.05, 0) is 6.07 Å². The van der Waals surface area contributed by atoms with E-state index in [4.69, 9.17) is 10.2 Å². The molecule has 3 rings (SSSR count). The lowest BCUT2D eigenvalue weighted by Crippen LogP contribution is -2.28. The molecule has 2 N–H and O–H groups in total. The summed E-state index contributed by atoms with van der Waals surface area (Å²) in [5.41, 5.74) is 6.47. The van der Waals surface area contributed by atoms with Gasteiger partial charge in [-0.3, -0.25) is 0 Å². The van der Waals surface area contributed by atoms with Crippen molar-refractivity contribution >= 4 is 35.2 Å². The molecule has 0 saturated heterocycles. The van der Waals surface area contributed by atoms with Crippen molar-refractivity contribution in [2.75, 3.05) is 5.73 Å². The Morgan fingerprint density at radius 1 is 1.33 bits per heavy atom. The summed E-state index contributed by atoms with van der Waals surface area (Å²) >= 11 is 1.50. The Hall–Kier alpha value is -1.12. The number of furan rings is 1. The van der Waals surface area contributed by atoms with E-state index in [0.717, 1.165) is 10.2 Å². The summed E-state index contributed by atoms with van der Waals surface area (Å²) in [5, 5.41) is 2.30. The zero-order valence-electron chi connectivity index (χ0n) is 10.2. The van der Waals surface area contributed by atoms with Gasteiger partial charge in [-0.25, -0.2) is 0 Å². The fourth-order valence-corrected chi connectivity index (χ4v) is 7.02. The third-order valence-corrected chi connectivity index (χ3v) is 8.29. The molecule has 1 aliphatic rings. The van der Waals surface area contributed by atoms with Crippen LogP contribution in [0.3, 0.4) is 0 Å². The first-order valence-corrected chi connectivity index (χ1v) is 8.39. The van der Waals surface area contributed by atoms with E-state index in [1.807, 2.05) is 38.1 Å². The fraction of sp³-hybridized carbons (Fsp3) is 0.231. The molecule has 0 radical (unpaired) electrons. The maximum atomic E-state index is 13.5. The highest BCUT2D eigenvalue weighted by Gasteiger charge is 2.42. The van der Waals surface area contributed by atoms with Crippen molar-refractivity contribution < 1.29 is 8.98 Å². The van der Waals surface area contributed by atoms with Gasteiger partial charge in [0, 0.05) is 15.9 Å². The minimum atomic E-state index is -2.69. The molecule has 0 saturated carbocycles. The lowest BCUT2D eigenvalue weighted by molar-refractivity contribution is 0.477. The number of nitrogens with two attached hydrogens (primary N) is 1. The Bertz CT molecular complexity index is 663. The van der Waals surface area contributed by atoms with Crippen molar-refractivity contribution in [1.82, 2.24) is 0 Å². The third-order valence-electron chi connectivity index (χ3n) is 3.24. The van der Waals surface area contributed by atoms with E-state index < -0.39 is 7.14 Å². The SMILES string of the molecule is CC(C)P1(=O)c2ccccc2Sc2occ(N)c21. The van der Waals surface area contributed by atoms with Crippen LogP contribution in [0.15, 0.2) is 44.9 Å². The van der Waals surface area contributed by atoms with Gasteiger partial charge in [-0.15, -0.1) is 0 Å². The number of hydrogen-bond acceptors (Lipinski definition) is 4. The molecule has 2 aromatic rings. The summed E-state index contributed by atoms with van der Waals surface area (Å²) in [6, 6.07) is 7.80. The Morgan fingerprint density at radius 3 is 2.78 bits per heavy atom. The maximum absolute atomic E-state index is 13.5. The highest BCUT2D eigenvalue weighted by molar-refractivity contribution is 8.02. The summed E-state index contributed by atoms with van der Waals surface area (Å²) < 4.78 is 19.0. The van der Waals surface area contributed by atoms with Crippen LogP contribution in [0, 0.1) is 0 Å². The van der Waals surface area contributed by atoms with E-state index in [2.05, 4.69) is 0 Å². The Balaban J connectivity index is 2.37.